The van der Waals surface area contributed by atoms with Gasteiger partial charge in [-0.3, -0.25) is 4.79 Å². The number of hydrogen-bond acceptors (Lipinski definition) is 6. The van der Waals surface area contributed by atoms with Crippen LogP contribution in [0.3, 0.4) is 0 Å². The predicted octanol–water partition coefficient (Wildman–Crippen LogP) is 3.74. The number of hydrogen-bond donors (Lipinski definition) is 2. The van der Waals surface area contributed by atoms with Gasteiger partial charge < -0.3 is 15.4 Å². The van der Waals surface area contributed by atoms with Crippen LogP contribution in [0.4, 0.5) is 17.3 Å². The Kier molecular flexibility index (Phi) is 5.60. The molecular formula is C20H17N5O2. The van der Waals surface area contributed by atoms with E-state index >= 15 is 0 Å². The minimum absolute atomic E-state index is 0.186. The summed E-state index contributed by atoms with van der Waals surface area (Å²) in [5.41, 5.74) is 1.77. The molecule has 27 heavy (non-hydrogen) atoms. The van der Waals surface area contributed by atoms with Gasteiger partial charge in [-0.1, -0.05) is 12.1 Å². The smallest absolute Gasteiger partial charge is 0.274 e. The van der Waals surface area contributed by atoms with Crippen molar-refractivity contribution in [1.82, 2.24) is 9.97 Å². The average Bonchev–Trinajstić information content (AvgIpc) is 2.70. The molecule has 0 radical (unpaired) electrons. The summed E-state index contributed by atoms with van der Waals surface area (Å²) in [5, 5.41) is 14.9. The first kappa shape index (κ1) is 17.9. The lowest BCUT2D eigenvalue weighted by atomic mass is 10.2. The maximum absolute atomic E-state index is 12.4. The Labute approximate surface area is 156 Å². The highest BCUT2D eigenvalue weighted by Gasteiger charge is 2.11. The van der Waals surface area contributed by atoms with E-state index in [1.807, 2.05) is 37.3 Å². The van der Waals surface area contributed by atoms with E-state index in [0.717, 1.165) is 11.4 Å². The van der Waals surface area contributed by atoms with Gasteiger partial charge in [0.1, 0.15) is 17.5 Å². The van der Waals surface area contributed by atoms with Crippen molar-refractivity contribution in [3.63, 3.8) is 0 Å². The molecular weight excluding hydrogens is 342 g/mol. The molecule has 7 heteroatoms. The van der Waals surface area contributed by atoms with Crippen LogP contribution < -0.4 is 15.4 Å². The highest BCUT2D eigenvalue weighted by Crippen LogP contribution is 2.19. The van der Waals surface area contributed by atoms with E-state index in [9.17, 15) is 4.79 Å². The standard InChI is InChI=1S/C20H17N5O2/c1-2-27-16-9-7-15(8-10-16)23-20-22-12-11-18(25-20)19(26)24-17-6-4-3-5-14(17)13-21/h3-12H,2H2,1H3,(H,24,26)(H,22,23,25). The second-order valence-electron chi connectivity index (χ2n) is 5.46. The van der Waals surface area contributed by atoms with Crippen molar-refractivity contribution in [2.24, 2.45) is 0 Å². The zero-order valence-electron chi connectivity index (χ0n) is 14.6. The van der Waals surface area contributed by atoms with Crippen LogP contribution in [0.15, 0.2) is 60.8 Å². The van der Waals surface area contributed by atoms with Gasteiger partial charge in [-0.2, -0.15) is 5.26 Å². The number of carbonyl (C=O) groups excluding carboxylic acids is 1. The summed E-state index contributed by atoms with van der Waals surface area (Å²) in [5.74, 6) is 0.642. The van der Waals surface area contributed by atoms with Gasteiger partial charge in [0.25, 0.3) is 5.91 Å². The molecule has 0 fully saturated rings. The Morgan fingerprint density at radius 3 is 2.67 bits per heavy atom. The van der Waals surface area contributed by atoms with Crippen molar-refractivity contribution in [3.05, 3.63) is 72.1 Å². The summed E-state index contributed by atoms with van der Waals surface area (Å²) in [4.78, 5) is 20.8. The highest BCUT2D eigenvalue weighted by molar-refractivity contribution is 6.03. The zero-order chi connectivity index (χ0) is 19.1. The number of aromatic nitrogens is 2. The lowest BCUT2D eigenvalue weighted by molar-refractivity contribution is 0.102. The Bertz CT molecular complexity index is 980. The summed E-state index contributed by atoms with van der Waals surface area (Å²) in [6.07, 6.45) is 1.50. The van der Waals surface area contributed by atoms with Gasteiger partial charge in [0.15, 0.2) is 0 Å². The molecule has 0 saturated carbocycles. The number of anilines is 3. The van der Waals surface area contributed by atoms with Crippen LogP contribution >= 0.6 is 0 Å². The molecule has 1 aromatic heterocycles. The van der Waals surface area contributed by atoms with Crippen molar-refractivity contribution in [2.75, 3.05) is 17.2 Å². The average molecular weight is 359 g/mol. The van der Waals surface area contributed by atoms with E-state index in [1.54, 1.807) is 24.3 Å². The molecule has 1 amide bonds. The summed E-state index contributed by atoms with van der Waals surface area (Å²) < 4.78 is 5.40. The molecule has 0 spiro atoms. The monoisotopic (exact) mass is 359 g/mol. The Hall–Kier alpha value is -3.92. The van der Waals surface area contributed by atoms with Crippen molar-refractivity contribution in [3.8, 4) is 11.8 Å². The predicted molar refractivity (Wildman–Crippen MR) is 102 cm³/mol. The maximum atomic E-state index is 12.4. The van der Waals surface area contributed by atoms with Crippen molar-refractivity contribution in [1.29, 1.82) is 5.26 Å². The lowest BCUT2D eigenvalue weighted by Gasteiger charge is -2.09. The lowest BCUT2D eigenvalue weighted by Crippen LogP contribution is -2.15. The molecule has 134 valence electrons. The fourth-order valence-electron chi connectivity index (χ4n) is 2.35. The SMILES string of the molecule is CCOc1ccc(Nc2nccc(C(=O)Nc3ccccc3C#N)n2)cc1. The Morgan fingerprint density at radius 1 is 1.15 bits per heavy atom. The van der Waals surface area contributed by atoms with E-state index in [-0.39, 0.29) is 5.69 Å². The number of benzene rings is 2. The molecule has 0 aliphatic rings. The molecule has 0 aliphatic carbocycles. The first-order valence-corrected chi connectivity index (χ1v) is 8.33. The van der Waals surface area contributed by atoms with Gasteiger partial charge in [-0.05, 0) is 49.4 Å². The summed E-state index contributed by atoms with van der Waals surface area (Å²) in [6, 6.07) is 17.7. The number of nitrogens with one attached hydrogen (secondary N) is 2. The highest BCUT2D eigenvalue weighted by atomic mass is 16.5. The van der Waals surface area contributed by atoms with E-state index in [4.69, 9.17) is 10.00 Å². The molecule has 0 atom stereocenters. The molecule has 0 aliphatic heterocycles. The Balaban J connectivity index is 1.73. The minimum atomic E-state index is -0.421. The molecule has 2 aromatic carbocycles. The summed E-state index contributed by atoms with van der Waals surface area (Å²) in [6.45, 7) is 2.52. The maximum Gasteiger partial charge on any atom is 0.274 e. The quantitative estimate of drug-likeness (QED) is 0.695. The van der Waals surface area contributed by atoms with E-state index < -0.39 is 5.91 Å². The first-order valence-electron chi connectivity index (χ1n) is 8.33. The fraction of sp³-hybridized carbons (Fsp3) is 0.100. The molecule has 7 nitrogen and oxygen atoms in total. The van der Waals surface area contributed by atoms with Crippen molar-refractivity contribution >= 4 is 23.2 Å². The molecule has 0 unspecified atom stereocenters. The van der Waals surface area contributed by atoms with Crippen LogP contribution in [0.2, 0.25) is 0 Å². The topological polar surface area (TPSA) is 99.9 Å². The molecule has 3 rings (SSSR count). The van der Waals surface area contributed by atoms with Gasteiger partial charge in [0.2, 0.25) is 5.95 Å². The second kappa shape index (κ2) is 8.45. The van der Waals surface area contributed by atoms with Gasteiger partial charge >= 0.3 is 0 Å². The number of carbonyl (C=O) groups is 1. The molecule has 0 bridgehead atoms. The first-order chi connectivity index (χ1) is 13.2. The molecule has 3 aromatic rings. The van der Waals surface area contributed by atoms with Gasteiger partial charge in [0.05, 0.1) is 17.9 Å². The normalized spacial score (nSPS) is 9.93. The van der Waals surface area contributed by atoms with Crippen LogP contribution in [0.5, 0.6) is 5.75 Å². The number of nitrogens with zero attached hydrogens (tertiary/aromatic N) is 3. The van der Waals surface area contributed by atoms with E-state index in [1.165, 1.54) is 12.3 Å². The molecule has 1 heterocycles. The minimum Gasteiger partial charge on any atom is -0.494 e. The van der Waals surface area contributed by atoms with E-state index in [0.29, 0.717) is 23.8 Å². The third kappa shape index (κ3) is 4.58. The number of nitriles is 1. The van der Waals surface area contributed by atoms with Crippen LogP contribution in [-0.2, 0) is 0 Å². The summed E-state index contributed by atoms with van der Waals surface area (Å²) >= 11 is 0. The van der Waals surface area contributed by atoms with Crippen molar-refractivity contribution < 1.29 is 9.53 Å². The number of para-hydroxylation sites is 1. The number of amides is 1. The largest absolute Gasteiger partial charge is 0.494 e. The third-order valence-corrected chi connectivity index (χ3v) is 3.61. The van der Waals surface area contributed by atoms with Crippen LogP contribution in [0.1, 0.15) is 23.0 Å². The molecule has 0 saturated heterocycles. The van der Waals surface area contributed by atoms with E-state index in [2.05, 4.69) is 20.6 Å². The van der Waals surface area contributed by atoms with Crippen molar-refractivity contribution in [2.45, 2.75) is 6.92 Å². The van der Waals surface area contributed by atoms with Gasteiger partial charge in [-0.15, -0.1) is 0 Å². The molecule has 2 N–H and O–H groups in total. The van der Waals surface area contributed by atoms with Gasteiger partial charge in [0, 0.05) is 11.9 Å². The van der Waals surface area contributed by atoms with Crippen LogP contribution in [0, 0.1) is 11.3 Å². The second-order valence-corrected chi connectivity index (χ2v) is 5.46. The Morgan fingerprint density at radius 2 is 1.93 bits per heavy atom. The summed E-state index contributed by atoms with van der Waals surface area (Å²) in [7, 11) is 0. The zero-order valence-corrected chi connectivity index (χ0v) is 14.6. The number of rotatable bonds is 6. The number of ether oxygens (including phenoxy) is 1. The third-order valence-electron chi connectivity index (χ3n) is 3.61. The van der Waals surface area contributed by atoms with Gasteiger partial charge in [-0.25, -0.2) is 9.97 Å². The fourth-order valence-corrected chi connectivity index (χ4v) is 2.35. The van der Waals surface area contributed by atoms with Crippen LogP contribution in [-0.4, -0.2) is 22.5 Å². The van der Waals surface area contributed by atoms with Crippen LogP contribution in [0.25, 0.3) is 0 Å².